The van der Waals surface area contributed by atoms with E-state index in [0.717, 1.165) is 25.1 Å². The molecule has 0 radical (unpaired) electrons. The van der Waals surface area contributed by atoms with Crippen LogP contribution < -0.4 is 5.32 Å². The van der Waals surface area contributed by atoms with Crippen LogP contribution in [0.3, 0.4) is 0 Å². The molecular formula is C14H21NO. The maximum absolute atomic E-state index is 10.1. The van der Waals surface area contributed by atoms with E-state index in [1.54, 1.807) is 0 Å². The number of hydrogen-bond acceptors (Lipinski definition) is 2. The zero-order chi connectivity index (χ0) is 11.2. The summed E-state index contributed by atoms with van der Waals surface area (Å²) in [6.45, 7) is 2.24. The summed E-state index contributed by atoms with van der Waals surface area (Å²) in [5.41, 5.74) is 1.06. The van der Waals surface area contributed by atoms with Gasteiger partial charge in [0.25, 0.3) is 0 Å². The number of aliphatic hydroxyl groups excluding tert-OH is 1. The van der Waals surface area contributed by atoms with Crippen LogP contribution in [0, 0.1) is 5.92 Å². The predicted octanol–water partition coefficient (Wildman–Crippen LogP) is 2.50. The van der Waals surface area contributed by atoms with E-state index in [-0.39, 0.29) is 6.10 Å². The molecule has 2 nitrogen and oxygen atoms in total. The van der Waals surface area contributed by atoms with Crippen molar-refractivity contribution in [1.82, 2.24) is 5.32 Å². The zero-order valence-electron chi connectivity index (χ0n) is 9.73. The van der Waals surface area contributed by atoms with Gasteiger partial charge in [0.15, 0.2) is 0 Å². The molecule has 88 valence electrons. The SMILES string of the molecule is OC(CC1CCCNCC1)c1ccccc1. The maximum atomic E-state index is 10.1. The third-order valence-electron chi connectivity index (χ3n) is 3.44. The van der Waals surface area contributed by atoms with Crippen molar-refractivity contribution in [3.8, 4) is 0 Å². The highest BCUT2D eigenvalue weighted by Crippen LogP contribution is 2.26. The van der Waals surface area contributed by atoms with E-state index >= 15 is 0 Å². The molecule has 0 aliphatic carbocycles. The summed E-state index contributed by atoms with van der Waals surface area (Å²) in [5, 5.41) is 13.6. The first kappa shape index (κ1) is 11.6. The summed E-state index contributed by atoms with van der Waals surface area (Å²) >= 11 is 0. The average Bonchev–Trinajstić information content (AvgIpc) is 2.59. The minimum atomic E-state index is -0.288. The summed E-state index contributed by atoms with van der Waals surface area (Å²) in [5.74, 6) is 0.671. The number of benzene rings is 1. The largest absolute Gasteiger partial charge is 0.388 e. The lowest BCUT2D eigenvalue weighted by molar-refractivity contribution is 0.140. The first-order valence-corrected chi connectivity index (χ1v) is 6.30. The Kier molecular flexibility index (Phi) is 4.37. The van der Waals surface area contributed by atoms with E-state index in [2.05, 4.69) is 5.32 Å². The van der Waals surface area contributed by atoms with Crippen LogP contribution in [0.25, 0.3) is 0 Å². The average molecular weight is 219 g/mol. The molecule has 1 aliphatic rings. The molecule has 1 aromatic rings. The van der Waals surface area contributed by atoms with Gasteiger partial charge in [0.05, 0.1) is 6.10 Å². The lowest BCUT2D eigenvalue weighted by Gasteiger charge is -2.18. The lowest BCUT2D eigenvalue weighted by Crippen LogP contribution is -2.14. The summed E-state index contributed by atoms with van der Waals surface area (Å²) < 4.78 is 0. The number of rotatable bonds is 3. The molecule has 0 amide bonds. The summed E-state index contributed by atoms with van der Waals surface area (Å²) in [7, 11) is 0. The van der Waals surface area contributed by atoms with Crippen LogP contribution in [0.4, 0.5) is 0 Å². The molecule has 1 fully saturated rings. The Balaban J connectivity index is 1.88. The Labute approximate surface area is 97.7 Å². The van der Waals surface area contributed by atoms with Crippen LogP contribution in [0.15, 0.2) is 30.3 Å². The number of nitrogens with one attached hydrogen (secondary N) is 1. The molecule has 2 rings (SSSR count). The zero-order valence-corrected chi connectivity index (χ0v) is 9.73. The van der Waals surface area contributed by atoms with Gasteiger partial charge >= 0.3 is 0 Å². The third-order valence-corrected chi connectivity index (χ3v) is 3.44. The number of aliphatic hydroxyl groups is 1. The fourth-order valence-corrected chi connectivity index (χ4v) is 2.45. The van der Waals surface area contributed by atoms with E-state index in [9.17, 15) is 5.11 Å². The van der Waals surface area contributed by atoms with Gasteiger partial charge in [0.2, 0.25) is 0 Å². The topological polar surface area (TPSA) is 32.3 Å². The monoisotopic (exact) mass is 219 g/mol. The van der Waals surface area contributed by atoms with E-state index < -0.39 is 0 Å². The van der Waals surface area contributed by atoms with Gasteiger partial charge in [-0.1, -0.05) is 30.3 Å². The van der Waals surface area contributed by atoms with Gasteiger partial charge in [-0.15, -0.1) is 0 Å². The maximum Gasteiger partial charge on any atom is 0.0792 e. The van der Waals surface area contributed by atoms with E-state index in [1.165, 1.54) is 19.3 Å². The fourth-order valence-electron chi connectivity index (χ4n) is 2.45. The van der Waals surface area contributed by atoms with Crippen molar-refractivity contribution in [2.75, 3.05) is 13.1 Å². The molecule has 16 heavy (non-hydrogen) atoms. The van der Waals surface area contributed by atoms with Crippen molar-refractivity contribution in [1.29, 1.82) is 0 Å². The molecule has 2 atom stereocenters. The van der Waals surface area contributed by atoms with Gasteiger partial charge < -0.3 is 10.4 Å². The minimum Gasteiger partial charge on any atom is -0.388 e. The quantitative estimate of drug-likeness (QED) is 0.818. The normalized spacial score (nSPS) is 23.7. The number of hydrogen-bond donors (Lipinski definition) is 2. The third kappa shape index (κ3) is 3.32. The molecule has 1 saturated heterocycles. The van der Waals surface area contributed by atoms with Gasteiger partial charge in [-0.2, -0.15) is 0 Å². The second-order valence-electron chi connectivity index (χ2n) is 4.71. The fraction of sp³-hybridized carbons (Fsp3) is 0.571. The molecule has 0 spiro atoms. The highest BCUT2D eigenvalue weighted by atomic mass is 16.3. The summed E-state index contributed by atoms with van der Waals surface area (Å²) in [4.78, 5) is 0. The molecule has 2 N–H and O–H groups in total. The Morgan fingerprint density at radius 3 is 2.81 bits per heavy atom. The van der Waals surface area contributed by atoms with Gasteiger partial charge in [0.1, 0.15) is 0 Å². The first-order valence-electron chi connectivity index (χ1n) is 6.30. The van der Waals surface area contributed by atoms with Crippen LogP contribution >= 0.6 is 0 Å². The van der Waals surface area contributed by atoms with Gasteiger partial charge in [-0.05, 0) is 50.3 Å². The second kappa shape index (κ2) is 6.02. The first-order chi connectivity index (χ1) is 7.86. The van der Waals surface area contributed by atoms with Crippen molar-refractivity contribution >= 4 is 0 Å². The van der Waals surface area contributed by atoms with Crippen LogP contribution in [0.2, 0.25) is 0 Å². The van der Waals surface area contributed by atoms with Crippen molar-refractivity contribution in [3.63, 3.8) is 0 Å². The molecule has 2 heteroatoms. The van der Waals surface area contributed by atoms with E-state index in [0.29, 0.717) is 5.92 Å². The molecule has 0 saturated carbocycles. The van der Waals surface area contributed by atoms with Gasteiger partial charge in [-0.3, -0.25) is 0 Å². The standard InChI is InChI=1S/C14H21NO/c16-14(13-6-2-1-3-7-13)11-12-5-4-9-15-10-8-12/h1-3,6-7,12,14-16H,4-5,8-11H2. The van der Waals surface area contributed by atoms with Gasteiger partial charge in [0, 0.05) is 0 Å². The van der Waals surface area contributed by atoms with E-state index in [1.807, 2.05) is 30.3 Å². The van der Waals surface area contributed by atoms with Crippen LogP contribution in [-0.4, -0.2) is 18.2 Å². The minimum absolute atomic E-state index is 0.288. The Morgan fingerprint density at radius 1 is 1.19 bits per heavy atom. The molecule has 0 aromatic heterocycles. The van der Waals surface area contributed by atoms with Crippen molar-refractivity contribution in [2.45, 2.75) is 31.8 Å². The van der Waals surface area contributed by atoms with Crippen molar-refractivity contribution in [2.24, 2.45) is 5.92 Å². The lowest BCUT2D eigenvalue weighted by atomic mass is 9.91. The smallest absolute Gasteiger partial charge is 0.0792 e. The van der Waals surface area contributed by atoms with Crippen LogP contribution in [-0.2, 0) is 0 Å². The highest BCUT2D eigenvalue weighted by molar-refractivity contribution is 5.17. The Bertz CT molecular complexity index is 291. The second-order valence-corrected chi connectivity index (χ2v) is 4.71. The summed E-state index contributed by atoms with van der Waals surface area (Å²) in [6.07, 6.45) is 4.31. The van der Waals surface area contributed by atoms with Crippen LogP contribution in [0.5, 0.6) is 0 Å². The molecule has 1 aromatic carbocycles. The molecule has 2 unspecified atom stereocenters. The van der Waals surface area contributed by atoms with Crippen LogP contribution in [0.1, 0.15) is 37.4 Å². The Morgan fingerprint density at radius 2 is 2.00 bits per heavy atom. The van der Waals surface area contributed by atoms with Crippen molar-refractivity contribution < 1.29 is 5.11 Å². The summed E-state index contributed by atoms with van der Waals surface area (Å²) in [6, 6.07) is 10.0. The highest BCUT2D eigenvalue weighted by Gasteiger charge is 2.17. The van der Waals surface area contributed by atoms with Crippen molar-refractivity contribution in [3.05, 3.63) is 35.9 Å². The molecule has 1 heterocycles. The molecule has 0 bridgehead atoms. The predicted molar refractivity (Wildman–Crippen MR) is 66.2 cm³/mol. The molecular weight excluding hydrogens is 198 g/mol. The molecule has 1 aliphatic heterocycles. The Hall–Kier alpha value is -0.860. The van der Waals surface area contributed by atoms with E-state index in [4.69, 9.17) is 0 Å². The van der Waals surface area contributed by atoms with Gasteiger partial charge in [-0.25, -0.2) is 0 Å².